The van der Waals surface area contributed by atoms with Crippen LogP contribution in [0.3, 0.4) is 0 Å². The average molecular weight is 275 g/mol. The summed E-state index contributed by atoms with van der Waals surface area (Å²) in [7, 11) is 0. The highest BCUT2D eigenvalue weighted by molar-refractivity contribution is 5.87. The van der Waals surface area contributed by atoms with Crippen molar-refractivity contribution in [2.75, 3.05) is 6.61 Å². The largest absolute Gasteiger partial charge is 0.450 e. The first-order chi connectivity index (χ1) is 9.66. The van der Waals surface area contributed by atoms with Gasteiger partial charge in [-0.15, -0.1) is 0 Å². The van der Waals surface area contributed by atoms with Crippen molar-refractivity contribution < 1.29 is 19.1 Å². The molecule has 1 amide bonds. The molecule has 106 valence electrons. The molecular weight excluding hydrogens is 258 g/mol. The minimum Gasteiger partial charge on any atom is -0.450 e. The van der Waals surface area contributed by atoms with E-state index in [1.807, 2.05) is 30.3 Å². The summed E-state index contributed by atoms with van der Waals surface area (Å²) in [5, 5.41) is 0. The highest BCUT2D eigenvalue weighted by Gasteiger charge is 2.53. The lowest BCUT2D eigenvalue weighted by Gasteiger charge is -2.22. The van der Waals surface area contributed by atoms with Crippen molar-refractivity contribution in [3.8, 4) is 0 Å². The molecule has 20 heavy (non-hydrogen) atoms. The van der Waals surface area contributed by atoms with Gasteiger partial charge in [-0.25, -0.2) is 0 Å². The molecule has 0 aromatic heterocycles. The zero-order valence-electron chi connectivity index (χ0n) is 11.3. The summed E-state index contributed by atoms with van der Waals surface area (Å²) in [6.45, 7) is 2.45. The Morgan fingerprint density at radius 1 is 1.40 bits per heavy atom. The van der Waals surface area contributed by atoms with E-state index in [-0.39, 0.29) is 18.1 Å². The minimum absolute atomic E-state index is 0.00653. The topological polar surface area (TPSA) is 55.8 Å². The molecule has 0 bridgehead atoms. The van der Waals surface area contributed by atoms with Crippen LogP contribution in [0.4, 0.5) is 0 Å². The first-order valence-corrected chi connectivity index (χ1v) is 6.80. The van der Waals surface area contributed by atoms with E-state index in [4.69, 9.17) is 9.47 Å². The number of benzene rings is 1. The molecule has 0 spiro atoms. The molecular formula is C15H17NO4. The fourth-order valence-electron chi connectivity index (χ4n) is 2.96. The molecule has 3 rings (SSSR count). The number of amides is 1. The monoisotopic (exact) mass is 275 g/mol. The van der Waals surface area contributed by atoms with Crippen molar-refractivity contribution in [2.45, 2.75) is 38.1 Å². The Bertz CT molecular complexity index is 516. The second kappa shape index (κ2) is 5.25. The smallest absolute Gasteiger partial charge is 0.303 e. The van der Waals surface area contributed by atoms with E-state index in [0.717, 1.165) is 12.0 Å². The Labute approximate surface area is 117 Å². The number of nitrogens with zero attached hydrogens (tertiary/aromatic N) is 1. The van der Waals surface area contributed by atoms with Gasteiger partial charge < -0.3 is 14.4 Å². The van der Waals surface area contributed by atoms with Gasteiger partial charge in [-0.2, -0.15) is 0 Å². The summed E-state index contributed by atoms with van der Waals surface area (Å²) in [4.78, 5) is 25.4. The first kappa shape index (κ1) is 13.1. The van der Waals surface area contributed by atoms with Crippen LogP contribution < -0.4 is 0 Å². The number of esters is 1. The number of carbonyl (C=O) groups excluding carboxylic acids is 2. The van der Waals surface area contributed by atoms with Crippen molar-refractivity contribution in [1.82, 2.24) is 4.90 Å². The minimum atomic E-state index is -0.788. The molecule has 0 N–H and O–H groups in total. The molecule has 1 aromatic rings. The van der Waals surface area contributed by atoms with Crippen LogP contribution >= 0.6 is 0 Å². The predicted octanol–water partition coefficient (Wildman–Crippen LogP) is 1.12. The van der Waals surface area contributed by atoms with Gasteiger partial charge in [0.2, 0.25) is 6.10 Å². The molecule has 1 aromatic carbocycles. The van der Waals surface area contributed by atoms with Crippen LogP contribution in [0.5, 0.6) is 0 Å². The molecule has 3 atom stereocenters. The lowest BCUT2D eigenvalue weighted by Crippen LogP contribution is -2.35. The van der Waals surface area contributed by atoms with E-state index in [2.05, 4.69) is 0 Å². The van der Waals surface area contributed by atoms with Gasteiger partial charge in [0.25, 0.3) is 5.91 Å². The Hall–Kier alpha value is -1.88. The van der Waals surface area contributed by atoms with Crippen LogP contribution in [-0.2, 0) is 25.6 Å². The Balaban J connectivity index is 1.80. The number of likely N-dealkylation sites (tertiary alicyclic amines) is 1. The SMILES string of the molecule is CC(=O)O[C@@H]1C(=O)N(Cc2ccccc2)[C@H]2CCO[C@@H]12. The second-order valence-electron chi connectivity index (χ2n) is 5.17. The van der Waals surface area contributed by atoms with E-state index in [1.165, 1.54) is 6.92 Å². The van der Waals surface area contributed by atoms with Crippen LogP contribution in [0.1, 0.15) is 18.9 Å². The van der Waals surface area contributed by atoms with E-state index in [9.17, 15) is 9.59 Å². The molecule has 2 saturated heterocycles. The number of hydrogen-bond donors (Lipinski definition) is 0. The first-order valence-electron chi connectivity index (χ1n) is 6.80. The third-order valence-electron chi connectivity index (χ3n) is 3.82. The van der Waals surface area contributed by atoms with Crippen molar-refractivity contribution in [1.29, 1.82) is 0 Å². The van der Waals surface area contributed by atoms with Crippen molar-refractivity contribution in [2.24, 2.45) is 0 Å². The van der Waals surface area contributed by atoms with Gasteiger partial charge >= 0.3 is 5.97 Å². The number of hydrogen-bond acceptors (Lipinski definition) is 4. The lowest BCUT2D eigenvalue weighted by molar-refractivity contribution is -0.159. The number of carbonyl (C=O) groups is 2. The average Bonchev–Trinajstić information content (AvgIpc) is 2.98. The third kappa shape index (κ3) is 2.29. The molecule has 5 nitrogen and oxygen atoms in total. The zero-order valence-corrected chi connectivity index (χ0v) is 11.3. The van der Waals surface area contributed by atoms with Crippen molar-refractivity contribution in [3.05, 3.63) is 35.9 Å². The Morgan fingerprint density at radius 3 is 2.85 bits per heavy atom. The summed E-state index contributed by atoms with van der Waals surface area (Å²) >= 11 is 0. The molecule has 2 aliphatic heterocycles. The summed E-state index contributed by atoms with van der Waals surface area (Å²) in [5.74, 6) is -0.599. The zero-order chi connectivity index (χ0) is 14.1. The third-order valence-corrected chi connectivity index (χ3v) is 3.82. The Kier molecular flexibility index (Phi) is 3.44. The predicted molar refractivity (Wildman–Crippen MR) is 70.7 cm³/mol. The quantitative estimate of drug-likeness (QED) is 0.776. The van der Waals surface area contributed by atoms with Gasteiger partial charge in [0, 0.05) is 20.1 Å². The van der Waals surface area contributed by atoms with E-state index < -0.39 is 12.1 Å². The molecule has 0 unspecified atom stereocenters. The van der Waals surface area contributed by atoms with Gasteiger partial charge in [-0.05, 0) is 12.0 Å². The summed E-state index contributed by atoms with van der Waals surface area (Å²) in [5.41, 5.74) is 1.06. The van der Waals surface area contributed by atoms with E-state index >= 15 is 0 Å². The summed E-state index contributed by atoms with van der Waals surface area (Å²) < 4.78 is 10.7. The van der Waals surface area contributed by atoms with Crippen LogP contribution in [0.25, 0.3) is 0 Å². The maximum Gasteiger partial charge on any atom is 0.303 e. The van der Waals surface area contributed by atoms with Gasteiger partial charge in [-0.3, -0.25) is 9.59 Å². The van der Waals surface area contributed by atoms with Gasteiger partial charge in [0.1, 0.15) is 6.10 Å². The fraction of sp³-hybridized carbons (Fsp3) is 0.467. The van der Waals surface area contributed by atoms with Crippen LogP contribution in [0.2, 0.25) is 0 Å². The van der Waals surface area contributed by atoms with E-state index in [0.29, 0.717) is 13.2 Å². The number of ether oxygens (including phenoxy) is 2. The van der Waals surface area contributed by atoms with Gasteiger partial charge in [0.05, 0.1) is 6.04 Å². The molecule has 0 aliphatic carbocycles. The second-order valence-corrected chi connectivity index (χ2v) is 5.17. The molecule has 2 fully saturated rings. The number of rotatable bonds is 3. The molecule has 2 heterocycles. The Morgan fingerprint density at radius 2 is 2.15 bits per heavy atom. The molecule has 0 saturated carbocycles. The highest BCUT2D eigenvalue weighted by Crippen LogP contribution is 2.33. The van der Waals surface area contributed by atoms with E-state index in [1.54, 1.807) is 4.90 Å². The maximum atomic E-state index is 12.4. The highest BCUT2D eigenvalue weighted by atomic mass is 16.6. The summed E-state index contributed by atoms with van der Waals surface area (Å²) in [6.07, 6.45) is -0.320. The summed E-state index contributed by atoms with van der Waals surface area (Å²) in [6, 6.07) is 9.81. The molecule has 5 heteroatoms. The normalized spacial score (nSPS) is 28.6. The van der Waals surface area contributed by atoms with Gasteiger partial charge in [0.15, 0.2) is 0 Å². The lowest BCUT2D eigenvalue weighted by atomic mass is 10.1. The van der Waals surface area contributed by atoms with Gasteiger partial charge in [-0.1, -0.05) is 30.3 Å². The molecule has 2 aliphatic rings. The molecule has 0 radical (unpaired) electrons. The standard InChI is InChI=1S/C15H17NO4/c1-10(17)20-14-13-12(7-8-19-13)16(15(14)18)9-11-5-3-2-4-6-11/h2-6,12-14H,7-9H2,1H3/t12-,13+,14-/m0/s1. The maximum absolute atomic E-state index is 12.4. The van der Waals surface area contributed by atoms with Crippen molar-refractivity contribution in [3.63, 3.8) is 0 Å². The number of fused-ring (bicyclic) bond motifs is 1. The van der Waals surface area contributed by atoms with Crippen LogP contribution in [0, 0.1) is 0 Å². The fourth-order valence-corrected chi connectivity index (χ4v) is 2.96. The van der Waals surface area contributed by atoms with Crippen LogP contribution in [0.15, 0.2) is 30.3 Å². The van der Waals surface area contributed by atoms with Crippen LogP contribution in [-0.4, -0.2) is 41.6 Å². The van der Waals surface area contributed by atoms with Crippen molar-refractivity contribution >= 4 is 11.9 Å².